The second kappa shape index (κ2) is 13.1. The second-order valence-corrected chi connectivity index (χ2v) is 11.3. The summed E-state index contributed by atoms with van der Waals surface area (Å²) < 4.78 is 15.7. The molecule has 0 unspecified atom stereocenters. The molecule has 0 saturated heterocycles. The predicted molar refractivity (Wildman–Crippen MR) is 140 cm³/mol. The van der Waals surface area contributed by atoms with E-state index in [9.17, 15) is 19.5 Å². The van der Waals surface area contributed by atoms with Crippen molar-refractivity contribution in [2.75, 3.05) is 20.3 Å². The number of carbonyl (C=O) groups is 3. The molecule has 37 heavy (non-hydrogen) atoms. The van der Waals surface area contributed by atoms with Gasteiger partial charge in [0.05, 0.1) is 7.11 Å². The van der Waals surface area contributed by atoms with E-state index in [-0.39, 0.29) is 24.3 Å². The molecule has 2 rings (SSSR count). The monoisotopic (exact) mass is 520 g/mol. The molecule has 0 heterocycles. The molecule has 1 aromatic rings. The average molecular weight is 521 g/mol. The number of methoxy groups -OCH3 is 1. The molecule has 4 atom stereocenters. The van der Waals surface area contributed by atoms with E-state index >= 15 is 0 Å². The standard InChI is InChI=1S/C28H44N2O7/c1-18(2)22-12-11-19(3)16-28(22,34)25(32)29-14-13-20-9-8-10-21(15-20)36-17-23(24(31)35-7)30-26(33)37-27(4,5)6/h8-10,15,18-19,22-23,34H,11-14,16-17H2,1-7H3,(H,29,32)(H,30,33)/t19-,22+,23+,28+/m1/s1. The number of benzene rings is 1. The van der Waals surface area contributed by atoms with E-state index in [0.717, 1.165) is 18.4 Å². The molecule has 0 spiro atoms. The van der Waals surface area contributed by atoms with E-state index in [0.29, 0.717) is 31.1 Å². The van der Waals surface area contributed by atoms with Crippen molar-refractivity contribution in [3.63, 3.8) is 0 Å². The molecule has 2 amide bonds. The van der Waals surface area contributed by atoms with Gasteiger partial charge in [0.1, 0.15) is 23.6 Å². The zero-order valence-corrected chi connectivity index (χ0v) is 23.3. The van der Waals surface area contributed by atoms with Crippen LogP contribution in [0.3, 0.4) is 0 Å². The molecule has 0 bridgehead atoms. The van der Waals surface area contributed by atoms with E-state index in [1.54, 1.807) is 26.8 Å². The van der Waals surface area contributed by atoms with Gasteiger partial charge in [-0.2, -0.15) is 0 Å². The Labute approximate surface area is 220 Å². The van der Waals surface area contributed by atoms with Crippen LogP contribution in [0, 0.1) is 17.8 Å². The second-order valence-electron chi connectivity index (χ2n) is 11.3. The summed E-state index contributed by atoms with van der Waals surface area (Å²) in [5.41, 5.74) is -1.14. The quantitative estimate of drug-likeness (QED) is 0.403. The first-order chi connectivity index (χ1) is 17.2. The maximum absolute atomic E-state index is 13.0. The summed E-state index contributed by atoms with van der Waals surface area (Å²) in [6.45, 7) is 11.6. The van der Waals surface area contributed by atoms with Crippen LogP contribution in [0.25, 0.3) is 0 Å². The zero-order valence-electron chi connectivity index (χ0n) is 23.3. The summed E-state index contributed by atoms with van der Waals surface area (Å²) in [5, 5.41) is 16.7. The van der Waals surface area contributed by atoms with Crippen molar-refractivity contribution in [2.45, 2.75) is 84.5 Å². The summed E-state index contributed by atoms with van der Waals surface area (Å²) in [4.78, 5) is 37.2. The van der Waals surface area contributed by atoms with Gasteiger partial charge in [0.15, 0.2) is 6.04 Å². The molecular formula is C28H44N2O7. The van der Waals surface area contributed by atoms with Gasteiger partial charge in [-0.25, -0.2) is 9.59 Å². The van der Waals surface area contributed by atoms with E-state index in [1.165, 1.54) is 7.11 Å². The fourth-order valence-electron chi connectivity index (χ4n) is 4.84. The molecule has 1 saturated carbocycles. The van der Waals surface area contributed by atoms with Crippen LogP contribution in [0.5, 0.6) is 5.75 Å². The van der Waals surface area contributed by atoms with E-state index < -0.39 is 29.3 Å². The van der Waals surface area contributed by atoms with Crippen LogP contribution in [0.4, 0.5) is 4.79 Å². The van der Waals surface area contributed by atoms with E-state index in [2.05, 4.69) is 31.4 Å². The van der Waals surface area contributed by atoms with Crippen molar-refractivity contribution in [3.05, 3.63) is 29.8 Å². The molecule has 0 aliphatic heterocycles. The van der Waals surface area contributed by atoms with Crippen molar-refractivity contribution in [1.29, 1.82) is 0 Å². The highest BCUT2D eigenvalue weighted by atomic mass is 16.6. The number of alkyl carbamates (subject to hydrolysis) is 1. The molecular weight excluding hydrogens is 476 g/mol. The number of aliphatic hydroxyl groups is 1. The third-order valence-electron chi connectivity index (χ3n) is 6.63. The van der Waals surface area contributed by atoms with Crippen molar-refractivity contribution >= 4 is 18.0 Å². The van der Waals surface area contributed by atoms with Gasteiger partial charge < -0.3 is 30.0 Å². The van der Waals surface area contributed by atoms with E-state index in [4.69, 9.17) is 14.2 Å². The average Bonchev–Trinajstić information content (AvgIpc) is 2.80. The zero-order chi connectivity index (χ0) is 27.8. The SMILES string of the molecule is COC(=O)[C@H](COc1cccc(CCNC(=O)[C@]2(O)C[C@H](C)CC[C@H]2C(C)C)c1)NC(=O)OC(C)(C)C. The third-order valence-corrected chi connectivity index (χ3v) is 6.63. The van der Waals surface area contributed by atoms with Crippen LogP contribution in [-0.4, -0.2) is 60.6 Å². The summed E-state index contributed by atoms with van der Waals surface area (Å²) in [5.74, 6) is 0.00777. The first-order valence-corrected chi connectivity index (χ1v) is 13.0. The van der Waals surface area contributed by atoms with Crippen LogP contribution in [-0.2, 0) is 25.5 Å². The number of carbonyl (C=O) groups excluding carboxylic acids is 3. The lowest BCUT2D eigenvalue weighted by molar-refractivity contribution is -0.155. The highest BCUT2D eigenvalue weighted by Crippen LogP contribution is 2.41. The van der Waals surface area contributed by atoms with Gasteiger partial charge in [-0.05, 0) is 75.5 Å². The number of esters is 1. The molecule has 1 aliphatic carbocycles. The molecule has 9 heteroatoms. The molecule has 1 aromatic carbocycles. The Morgan fingerprint density at radius 2 is 1.89 bits per heavy atom. The van der Waals surface area contributed by atoms with Crippen LogP contribution >= 0.6 is 0 Å². The minimum absolute atomic E-state index is 0.0579. The number of rotatable bonds is 10. The number of amides is 2. The predicted octanol–water partition coefficient (Wildman–Crippen LogP) is 3.61. The molecule has 1 fully saturated rings. The van der Waals surface area contributed by atoms with Crippen molar-refractivity contribution in [1.82, 2.24) is 10.6 Å². The minimum atomic E-state index is -1.35. The van der Waals surface area contributed by atoms with Gasteiger partial charge in [-0.1, -0.05) is 39.3 Å². The fourth-order valence-corrected chi connectivity index (χ4v) is 4.84. The molecule has 3 N–H and O–H groups in total. The lowest BCUT2D eigenvalue weighted by Crippen LogP contribution is -2.56. The number of hydrogen-bond donors (Lipinski definition) is 3. The van der Waals surface area contributed by atoms with Crippen LogP contribution in [0.2, 0.25) is 0 Å². The number of nitrogens with one attached hydrogen (secondary N) is 2. The molecule has 0 radical (unpaired) electrons. The van der Waals surface area contributed by atoms with E-state index in [1.807, 2.05) is 18.2 Å². The number of hydrogen-bond acceptors (Lipinski definition) is 7. The van der Waals surface area contributed by atoms with Crippen molar-refractivity contribution < 1.29 is 33.7 Å². The smallest absolute Gasteiger partial charge is 0.408 e. The maximum atomic E-state index is 13.0. The summed E-state index contributed by atoms with van der Waals surface area (Å²) >= 11 is 0. The Morgan fingerprint density at radius 1 is 1.19 bits per heavy atom. The van der Waals surface area contributed by atoms with Gasteiger partial charge >= 0.3 is 12.1 Å². The summed E-state index contributed by atoms with van der Waals surface area (Å²) in [6, 6.07) is 6.22. The first kappa shape index (κ1) is 30.4. The van der Waals surface area contributed by atoms with Gasteiger partial charge in [-0.15, -0.1) is 0 Å². The lowest BCUT2D eigenvalue weighted by atomic mass is 9.66. The van der Waals surface area contributed by atoms with Crippen LogP contribution in [0.15, 0.2) is 24.3 Å². The molecule has 0 aromatic heterocycles. The lowest BCUT2D eigenvalue weighted by Gasteiger charge is -2.43. The van der Waals surface area contributed by atoms with Crippen LogP contribution in [0.1, 0.15) is 66.4 Å². The normalized spacial score (nSPS) is 22.6. The van der Waals surface area contributed by atoms with Crippen LogP contribution < -0.4 is 15.4 Å². The highest BCUT2D eigenvalue weighted by molar-refractivity contribution is 5.85. The Balaban J connectivity index is 1.94. The van der Waals surface area contributed by atoms with Crippen molar-refractivity contribution in [2.24, 2.45) is 17.8 Å². The first-order valence-electron chi connectivity index (χ1n) is 13.0. The van der Waals surface area contributed by atoms with Gasteiger partial charge in [0.2, 0.25) is 0 Å². The summed E-state index contributed by atoms with van der Waals surface area (Å²) in [7, 11) is 1.23. The highest BCUT2D eigenvalue weighted by Gasteiger charge is 2.48. The number of ether oxygens (including phenoxy) is 3. The molecule has 1 aliphatic rings. The minimum Gasteiger partial charge on any atom is -0.491 e. The summed E-state index contributed by atoms with van der Waals surface area (Å²) in [6.07, 6.45) is 2.14. The van der Waals surface area contributed by atoms with Crippen molar-refractivity contribution in [3.8, 4) is 5.75 Å². The van der Waals surface area contributed by atoms with Gasteiger partial charge in [0, 0.05) is 6.54 Å². The topological polar surface area (TPSA) is 123 Å². The van der Waals surface area contributed by atoms with Gasteiger partial charge in [-0.3, -0.25) is 4.79 Å². The molecule has 208 valence electrons. The van der Waals surface area contributed by atoms with Gasteiger partial charge in [0.25, 0.3) is 5.91 Å². The third kappa shape index (κ3) is 9.22. The fraction of sp³-hybridized carbons (Fsp3) is 0.679. The maximum Gasteiger partial charge on any atom is 0.408 e. The Bertz CT molecular complexity index is 927. The Hall–Kier alpha value is -2.81. The Kier molecular flexibility index (Phi) is 10.8. The molecule has 9 nitrogen and oxygen atoms in total. The Morgan fingerprint density at radius 3 is 2.51 bits per heavy atom. The largest absolute Gasteiger partial charge is 0.491 e.